The van der Waals surface area contributed by atoms with Crippen molar-refractivity contribution in [3.05, 3.63) is 34.9 Å². The molecule has 1 aromatic rings. The van der Waals surface area contributed by atoms with Gasteiger partial charge in [-0.15, -0.1) is 0 Å². The van der Waals surface area contributed by atoms with Crippen LogP contribution in [0.4, 0.5) is 0 Å². The first-order valence-electron chi connectivity index (χ1n) is 6.26. The maximum Gasteiger partial charge on any atom is 0.320 e. The minimum absolute atomic E-state index is 0.508. The summed E-state index contributed by atoms with van der Waals surface area (Å²) >= 11 is 0. The van der Waals surface area contributed by atoms with Crippen LogP contribution in [0.1, 0.15) is 36.0 Å². The van der Waals surface area contributed by atoms with Crippen LogP contribution in [0.15, 0.2) is 18.2 Å². The molecule has 92 valence electrons. The zero-order valence-electron chi connectivity index (χ0n) is 9.98. The molecule has 0 heterocycles. The van der Waals surface area contributed by atoms with E-state index in [1.807, 2.05) is 0 Å². The Bertz CT molecular complexity index is 415. The summed E-state index contributed by atoms with van der Waals surface area (Å²) in [5.74, 6) is -0.914. The van der Waals surface area contributed by atoms with Gasteiger partial charge >= 0.3 is 5.97 Å². The van der Waals surface area contributed by atoms with E-state index in [0.29, 0.717) is 6.42 Å². The molecule has 1 unspecified atom stereocenters. The number of rotatable bonds is 4. The van der Waals surface area contributed by atoms with Gasteiger partial charge in [0.25, 0.3) is 0 Å². The highest BCUT2D eigenvalue weighted by Crippen LogP contribution is 2.22. The van der Waals surface area contributed by atoms with Crippen molar-refractivity contribution in [3.8, 4) is 0 Å². The lowest BCUT2D eigenvalue weighted by molar-refractivity contribution is -0.138. The Kier molecular flexibility index (Phi) is 3.79. The monoisotopic (exact) mass is 233 g/mol. The fourth-order valence-corrected chi connectivity index (χ4v) is 2.39. The first-order chi connectivity index (χ1) is 8.16. The van der Waals surface area contributed by atoms with Crippen LogP contribution in [0.2, 0.25) is 0 Å². The largest absolute Gasteiger partial charge is 0.480 e. The third kappa shape index (κ3) is 3.07. The lowest BCUT2D eigenvalue weighted by Crippen LogP contribution is -2.30. The third-order valence-corrected chi connectivity index (χ3v) is 3.47. The second-order valence-electron chi connectivity index (χ2n) is 4.79. The van der Waals surface area contributed by atoms with Crippen LogP contribution in [0.5, 0.6) is 0 Å². The summed E-state index contributed by atoms with van der Waals surface area (Å²) in [4.78, 5) is 10.6. The number of aliphatic carboxylic acids is 1. The Hall–Kier alpha value is -1.35. The van der Waals surface area contributed by atoms with E-state index in [9.17, 15) is 4.79 Å². The maximum atomic E-state index is 10.6. The fourth-order valence-electron chi connectivity index (χ4n) is 2.39. The van der Waals surface area contributed by atoms with Crippen LogP contribution in [-0.4, -0.2) is 17.1 Å². The van der Waals surface area contributed by atoms with Gasteiger partial charge in [0.2, 0.25) is 0 Å². The predicted molar refractivity (Wildman–Crippen MR) is 67.0 cm³/mol. The van der Waals surface area contributed by atoms with Gasteiger partial charge in [-0.3, -0.25) is 4.79 Å². The van der Waals surface area contributed by atoms with Gasteiger partial charge in [-0.2, -0.15) is 0 Å². The molecule has 0 radical (unpaired) electrons. The van der Waals surface area contributed by atoms with E-state index in [2.05, 4.69) is 18.2 Å². The van der Waals surface area contributed by atoms with Gasteiger partial charge in [0.1, 0.15) is 6.04 Å². The highest BCUT2D eigenvalue weighted by atomic mass is 16.4. The van der Waals surface area contributed by atoms with E-state index in [1.54, 1.807) is 0 Å². The quantitative estimate of drug-likeness (QED) is 0.835. The Morgan fingerprint density at radius 3 is 2.71 bits per heavy atom. The van der Waals surface area contributed by atoms with Gasteiger partial charge in [-0.25, -0.2) is 0 Å². The molecule has 0 amide bonds. The number of nitrogens with two attached hydrogens (primary N) is 1. The Morgan fingerprint density at radius 1 is 1.29 bits per heavy atom. The molecule has 17 heavy (non-hydrogen) atoms. The molecule has 0 spiro atoms. The van der Waals surface area contributed by atoms with Crippen molar-refractivity contribution in [2.24, 2.45) is 5.73 Å². The molecule has 1 atom stereocenters. The number of hydrogen-bond donors (Lipinski definition) is 2. The van der Waals surface area contributed by atoms with Crippen molar-refractivity contribution in [2.45, 2.75) is 44.6 Å². The molecule has 1 aliphatic rings. The van der Waals surface area contributed by atoms with Crippen LogP contribution in [0.3, 0.4) is 0 Å². The lowest BCUT2D eigenvalue weighted by atomic mass is 9.89. The van der Waals surface area contributed by atoms with E-state index in [0.717, 1.165) is 12.8 Å². The van der Waals surface area contributed by atoms with Crippen LogP contribution in [-0.2, 0) is 24.1 Å². The minimum atomic E-state index is -0.914. The Balaban J connectivity index is 2.00. The van der Waals surface area contributed by atoms with E-state index in [4.69, 9.17) is 10.8 Å². The first kappa shape index (κ1) is 12.1. The molecule has 3 nitrogen and oxygen atoms in total. The molecule has 0 bridgehead atoms. The van der Waals surface area contributed by atoms with Crippen molar-refractivity contribution in [1.82, 2.24) is 0 Å². The molecule has 1 aliphatic carbocycles. The van der Waals surface area contributed by atoms with E-state index < -0.39 is 12.0 Å². The summed E-state index contributed by atoms with van der Waals surface area (Å²) in [5, 5.41) is 8.73. The minimum Gasteiger partial charge on any atom is -0.480 e. The summed E-state index contributed by atoms with van der Waals surface area (Å²) in [6, 6.07) is 5.78. The summed E-state index contributed by atoms with van der Waals surface area (Å²) in [6.07, 6.45) is 6.16. The average Bonchev–Trinajstić information content (AvgIpc) is 2.35. The number of aryl methyl sites for hydroxylation is 3. The number of carboxylic acid groups (broad SMARTS) is 1. The fraction of sp³-hybridized carbons (Fsp3) is 0.500. The van der Waals surface area contributed by atoms with Crippen LogP contribution in [0.25, 0.3) is 0 Å². The molecule has 3 heteroatoms. The normalized spacial score (nSPS) is 16.3. The summed E-state index contributed by atoms with van der Waals surface area (Å²) in [7, 11) is 0. The molecule has 0 fully saturated rings. The van der Waals surface area contributed by atoms with E-state index in [-0.39, 0.29) is 0 Å². The number of hydrogen-bond acceptors (Lipinski definition) is 2. The van der Waals surface area contributed by atoms with Crippen LogP contribution < -0.4 is 5.73 Å². The Labute approximate surface area is 102 Å². The van der Waals surface area contributed by atoms with Gasteiger partial charge in [-0.1, -0.05) is 18.2 Å². The first-order valence-corrected chi connectivity index (χ1v) is 6.26. The van der Waals surface area contributed by atoms with Crippen molar-refractivity contribution < 1.29 is 9.90 Å². The second-order valence-corrected chi connectivity index (χ2v) is 4.79. The predicted octanol–water partition coefficient (Wildman–Crippen LogP) is 1.91. The molecular weight excluding hydrogens is 214 g/mol. The molecule has 0 saturated carbocycles. The second kappa shape index (κ2) is 5.32. The van der Waals surface area contributed by atoms with Crippen LogP contribution >= 0.6 is 0 Å². The van der Waals surface area contributed by atoms with Crippen molar-refractivity contribution in [3.63, 3.8) is 0 Å². The Morgan fingerprint density at radius 2 is 2.00 bits per heavy atom. The summed E-state index contributed by atoms with van der Waals surface area (Å²) in [6.45, 7) is 0. The van der Waals surface area contributed by atoms with Crippen molar-refractivity contribution in [2.75, 3.05) is 0 Å². The highest BCUT2D eigenvalue weighted by molar-refractivity contribution is 5.73. The van der Waals surface area contributed by atoms with Gasteiger partial charge < -0.3 is 10.8 Å². The highest BCUT2D eigenvalue weighted by Gasteiger charge is 2.13. The van der Waals surface area contributed by atoms with Crippen LogP contribution in [0, 0.1) is 0 Å². The topological polar surface area (TPSA) is 63.3 Å². The molecule has 0 aliphatic heterocycles. The van der Waals surface area contributed by atoms with E-state index in [1.165, 1.54) is 36.0 Å². The number of fused-ring (bicyclic) bond motifs is 1. The number of benzene rings is 1. The van der Waals surface area contributed by atoms with Crippen molar-refractivity contribution >= 4 is 5.97 Å². The smallest absolute Gasteiger partial charge is 0.320 e. The molecule has 3 N–H and O–H groups in total. The third-order valence-electron chi connectivity index (χ3n) is 3.47. The van der Waals surface area contributed by atoms with Gasteiger partial charge in [0.15, 0.2) is 0 Å². The van der Waals surface area contributed by atoms with Gasteiger partial charge in [-0.05, 0) is 55.2 Å². The maximum absolute atomic E-state index is 10.6. The summed E-state index contributed by atoms with van der Waals surface area (Å²) < 4.78 is 0. The molecule has 0 aromatic heterocycles. The zero-order valence-corrected chi connectivity index (χ0v) is 9.98. The summed E-state index contributed by atoms with van der Waals surface area (Å²) in [5.41, 5.74) is 9.62. The van der Waals surface area contributed by atoms with Gasteiger partial charge in [0, 0.05) is 0 Å². The molecule has 0 saturated heterocycles. The van der Waals surface area contributed by atoms with Crippen molar-refractivity contribution in [1.29, 1.82) is 0 Å². The lowest BCUT2D eigenvalue weighted by Gasteiger charge is -2.16. The molecule has 2 rings (SSSR count). The zero-order chi connectivity index (χ0) is 12.3. The van der Waals surface area contributed by atoms with E-state index >= 15 is 0 Å². The SMILES string of the molecule is NC(CCc1ccc2c(c1)CCCC2)C(=O)O. The van der Waals surface area contributed by atoms with Gasteiger partial charge in [0.05, 0.1) is 0 Å². The molecular formula is C14H19NO2. The number of carbonyl (C=O) groups is 1. The molecule has 1 aromatic carbocycles. The standard InChI is InChI=1S/C14H19NO2/c15-13(14(16)17)8-6-10-5-7-11-3-1-2-4-12(11)9-10/h5,7,9,13H,1-4,6,8,15H2,(H,16,17). The number of carboxylic acids is 1. The average molecular weight is 233 g/mol.